The molecule has 2 fully saturated rings. The van der Waals surface area contributed by atoms with Gasteiger partial charge in [0.15, 0.2) is 0 Å². The van der Waals surface area contributed by atoms with Crippen LogP contribution in [-0.2, 0) is 7.45 Å². The Bertz CT molecular complexity index is 568. The van der Waals surface area contributed by atoms with Gasteiger partial charge in [0.1, 0.15) is 0 Å². The van der Waals surface area contributed by atoms with E-state index in [2.05, 4.69) is 71.9 Å². The molecule has 164 valence electrons. The molecule has 2 saturated carbocycles. The third-order valence-electron chi connectivity index (χ3n) is 7.35. The third kappa shape index (κ3) is 6.34. The van der Waals surface area contributed by atoms with Gasteiger partial charge >= 0.3 is 185 Å². The van der Waals surface area contributed by atoms with Crippen molar-refractivity contribution in [2.24, 2.45) is 35.5 Å². The van der Waals surface area contributed by atoms with E-state index in [0.717, 1.165) is 11.8 Å². The van der Waals surface area contributed by atoms with Crippen molar-refractivity contribution in [2.75, 3.05) is 0 Å². The second-order valence-electron chi connectivity index (χ2n) is 10.5. The molecule has 0 saturated heterocycles. The molecule has 0 bridgehead atoms. The first-order chi connectivity index (χ1) is 13.8. The summed E-state index contributed by atoms with van der Waals surface area (Å²) in [5.74, 6) is 4.22. The topological polar surface area (TPSA) is 18.5 Å². The van der Waals surface area contributed by atoms with Crippen LogP contribution in [0.1, 0.15) is 80.1 Å². The summed E-state index contributed by atoms with van der Waals surface area (Å²) in [6, 6.07) is 10.9. The molecule has 0 heterocycles. The van der Waals surface area contributed by atoms with E-state index in [1.165, 1.54) is 42.9 Å². The fourth-order valence-corrected chi connectivity index (χ4v) is 8.95. The average Bonchev–Trinajstić information content (AvgIpc) is 2.68. The normalized spacial score (nSPS) is 33.6. The Kier molecular flexibility index (Phi) is 8.72. The van der Waals surface area contributed by atoms with Gasteiger partial charge in [-0.15, -0.1) is 0 Å². The number of hydrogen-bond acceptors (Lipinski definition) is 2. The molecule has 29 heavy (non-hydrogen) atoms. The van der Waals surface area contributed by atoms with Gasteiger partial charge in [-0.05, 0) is 0 Å². The molecule has 0 aliphatic heterocycles. The Labute approximate surface area is 185 Å². The molecule has 2 aliphatic rings. The predicted molar refractivity (Wildman–Crippen MR) is 124 cm³/mol. The molecular weight excluding hydrogens is 419 g/mol. The van der Waals surface area contributed by atoms with Crippen LogP contribution < -0.4 is 4.35 Å². The van der Waals surface area contributed by atoms with Crippen molar-refractivity contribution in [3.05, 3.63) is 30.3 Å². The molecule has 1 aromatic carbocycles. The molecular formula is C26H43AsO2. The van der Waals surface area contributed by atoms with Crippen LogP contribution in [0.5, 0.6) is 0 Å². The summed E-state index contributed by atoms with van der Waals surface area (Å²) in [7, 11) is 0. The fourth-order valence-electron chi connectivity index (χ4n) is 5.41. The zero-order chi connectivity index (χ0) is 21.0. The van der Waals surface area contributed by atoms with Crippen molar-refractivity contribution in [1.29, 1.82) is 0 Å². The van der Waals surface area contributed by atoms with E-state index in [-0.39, 0.29) is 0 Å². The van der Waals surface area contributed by atoms with Crippen LogP contribution in [0.4, 0.5) is 0 Å². The molecule has 2 nitrogen and oxygen atoms in total. The van der Waals surface area contributed by atoms with Crippen LogP contribution in [0.25, 0.3) is 0 Å². The van der Waals surface area contributed by atoms with Crippen molar-refractivity contribution < 1.29 is 7.45 Å². The summed E-state index contributed by atoms with van der Waals surface area (Å²) in [5.41, 5.74) is 0. The monoisotopic (exact) mass is 462 g/mol. The fraction of sp³-hybridized carbons (Fsp3) is 0.769. The Morgan fingerprint density at radius 1 is 0.724 bits per heavy atom. The molecule has 0 N–H and O–H groups in total. The van der Waals surface area contributed by atoms with E-state index in [9.17, 15) is 0 Å². The number of benzene rings is 1. The maximum absolute atomic E-state index is 7.01. The van der Waals surface area contributed by atoms with Crippen molar-refractivity contribution in [3.63, 3.8) is 0 Å². The average molecular weight is 463 g/mol. The van der Waals surface area contributed by atoms with Gasteiger partial charge in [0.05, 0.1) is 0 Å². The summed E-state index contributed by atoms with van der Waals surface area (Å²) in [6.07, 6.45) is 8.40. The third-order valence-corrected chi connectivity index (χ3v) is 10.8. The van der Waals surface area contributed by atoms with Gasteiger partial charge in [-0.2, -0.15) is 0 Å². The Hall–Kier alpha value is -0.302. The molecule has 6 atom stereocenters. The van der Waals surface area contributed by atoms with Gasteiger partial charge in [-0.1, -0.05) is 0 Å². The van der Waals surface area contributed by atoms with E-state index in [0.29, 0.717) is 35.9 Å². The van der Waals surface area contributed by atoms with Gasteiger partial charge in [-0.25, -0.2) is 0 Å². The van der Waals surface area contributed by atoms with Crippen molar-refractivity contribution in [2.45, 2.75) is 92.3 Å². The van der Waals surface area contributed by atoms with E-state index in [4.69, 9.17) is 7.45 Å². The Morgan fingerprint density at radius 2 is 1.17 bits per heavy atom. The first-order valence-electron chi connectivity index (χ1n) is 12.0. The first kappa shape index (κ1) is 23.4. The van der Waals surface area contributed by atoms with E-state index in [1.807, 2.05) is 0 Å². The molecule has 0 unspecified atom stereocenters. The van der Waals surface area contributed by atoms with Gasteiger partial charge < -0.3 is 0 Å². The molecule has 1 aromatic rings. The molecule has 0 aromatic heterocycles. The Balaban J connectivity index is 1.81. The van der Waals surface area contributed by atoms with Crippen LogP contribution in [0.3, 0.4) is 0 Å². The van der Waals surface area contributed by atoms with Gasteiger partial charge in [-0.3, -0.25) is 0 Å². The van der Waals surface area contributed by atoms with E-state index < -0.39 is 15.3 Å². The second-order valence-corrected chi connectivity index (χ2v) is 13.6. The van der Waals surface area contributed by atoms with Gasteiger partial charge in [0.25, 0.3) is 0 Å². The quantitative estimate of drug-likeness (QED) is 0.441. The second kappa shape index (κ2) is 10.8. The van der Waals surface area contributed by atoms with Crippen LogP contribution in [0, 0.1) is 35.5 Å². The van der Waals surface area contributed by atoms with Crippen LogP contribution >= 0.6 is 0 Å². The number of hydrogen-bond donors (Lipinski definition) is 0. The molecule has 0 amide bonds. The van der Waals surface area contributed by atoms with Crippen LogP contribution in [0.2, 0.25) is 0 Å². The van der Waals surface area contributed by atoms with Crippen LogP contribution in [0.15, 0.2) is 30.3 Å². The minimum atomic E-state index is -2.04. The van der Waals surface area contributed by atoms with Crippen molar-refractivity contribution in [1.82, 2.24) is 0 Å². The summed E-state index contributed by atoms with van der Waals surface area (Å²) < 4.78 is 15.3. The summed E-state index contributed by atoms with van der Waals surface area (Å²) in [6.45, 7) is 14.3. The van der Waals surface area contributed by atoms with Gasteiger partial charge in [0.2, 0.25) is 0 Å². The first-order valence-corrected chi connectivity index (χ1v) is 14.5. The van der Waals surface area contributed by atoms with Crippen molar-refractivity contribution in [3.8, 4) is 0 Å². The predicted octanol–water partition coefficient (Wildman–Crippen LogP) is 6.34. The maximum atomic E-state index is 7.01. The van der Waals surface area contributed by atoms with E-state index in [1.54, 1.807) is 0 Å². The molecule has 3 rings (SSSR count). The Morgan fingerprint density at radius 3 is 1.59 bits per heavy atom. The molecule has 0 radical (unpaired) electrons. The van der Waals surface area contributed by atoms with Crippen LogP contribution in [-0.4, -0.2) is 27.5 Å². The zero-order valence-corrected chi connectivity index (χ0v) is 21.4. The summed E-state index contributed by atoms with van der Waals surface area (Å²) >= 11 is -2.04. The van der Waals surface area contributed by atoms with Gasteiger partial charge in [0, 0.05) is 0 Å². The number of rotatable bonds is 7. The molecule has 0 spiro atoms. The minimum absolute atomic E-state index is 0.359. The zero-order valence-electron chi connectivity index (χ0n) is 19.5. The molecule has 2 aliphatic carbocycles. The van der Waals surface area contributed by atoms with Crippen molar-refractivity contribution >= 4 is 19.7 Å². The standard InChI is InChI=1S/C26H43AsO2/c1-18(2)23-14-12-20(5)16-25(23)28-27(22-10-8-7-9-11-22)29-26-17-21(6)13-15-24(26)19(3)4/h7-11,18-21,23-26H,12-17H2,1-6H3/t20-,21-,23+,24+,25-,26-/m1/s1. The van der Waals surface area contributed by atoms with E-state index >= 15 is 0 Å². The summed E-state index contributed by atoms with van der Waals surface area (Å²) in [4.78, 5) is 0. The molecule has 3 heteroatoms. The SMILES string of the molecule is CC(C)[C@@H]1CC[C@@H](C)C[C@H]1O[As](O[C@@H]1C[C@H](C)CC[C@H]1C(C)C)c1ccccc1. The summed E-state index contributed by atoms with van der Waals surface area (Å²) in [5, 5.41) is 0.